The number of ether oxygens (including phenoxy) is 6. The zero-order chi connectivity index (χ0) is 44.0. The van der Waals surface area contributed by atoms with Crippen molar-refractivity contribution in [3.8, 4) is 34.5 Å². The third kappa shape index (κ3) is 13.8. The van der Waals surface area contributed by atoms with Crippen LogP contribution in [0.3, 0.4) is 0 Å². The first-order chi connectivity index (χ1) is 25.3. The predicted octanol–water partition coefficient (Wildman–Crippen LogP) is 12.8. The van der Waals surface area contributed by atoms with Crippen LogP contribution in [0.4, 0.5) is 13.2 Å². The van der Waals surface area contributed by atoms with Gasteiger partial charge in [-0.05, 0) is 190 Å². The summed E-state index contributed by atoms with van der Waals surface area (Å²) in [5, 5.41) is 0. The van der Waals surface area contributed by atoms with E-state index in [0.29, 0.717) is 0 Å². The maximum absolute atomic E-state index is 14.7. The number of hydrogen-bond acceptors (Lipinski definition) is 9. The van der Waals surface area contributed by atoms with Crippen molar-refractivity contribution in [3.05, 3.63) is 54.6 Å². The van der Waals surface area contributed by atoms with E-state index in [2.05, 4.69) is 0 Å². The second kappa shape index (κ2) is 15.9. The molecular formula is C43H63F3O9S2. The van der Waals surface area contributed by atoms with Gasteiger partial charge in [0.2, 0.25) is 0 Å². The van der Waals surface area contributed by atoms with Crippen molar-refractivity contribution in [2.45, 2.75) is 178 Å². The van der Waals surface area contributed by atoms with Crippen molar-refractivity contribution in [2.75, 3.05) is 0 Å². The van der Waals surface area contributed by atoms with Gasteiger partial charge in [0.15, 0.2) is 34.5 Å². The Hall–Kier alpha value is -3.49. The maximum atomic E-state index is 14.7. The lowest BCUT2D eigenvalue weighted by molar-refractivity contribution is -0.0496. The van der Waals surface area contributed by atoms with Gasteiger partial charge < -0.3 is 28.4 Å². The SMILES string of the molecule is CC(C)(C)Oc1ccc(S(OS(=O)(=O)C(F)(F)F)(c2ccc(OC(C)(C)C)c(OC(C)(C)C)c2)c2ccc(OC(C)(C)C)c(OC(C)(C)C)c2)cc1OC(C)(C)C. The number of alkyl halides is 3. The number of rotatable bonds is 11. The molecule has 0 saturated heterocycles. The molecule has 3 rings (SSSR count). The predicted molar refractivity (Wildman–Crippen MR) is 220 cm³/mol. The Bertz CT molecular complexity index is 1790. The van der Waals surface area contributed by atoms with E-state index >= 15 is 0 Å². The molecular weight excluding hydrogens is 782 g/mol. The second-order valence-corrected chi connectivity index (χ2v) is 24.1. The molecule has 0 radical (unpaired) electrons. The van der Waals surface area contributed by atoms with Crippen molar-refractivity contribution in [1.82, 2.24) is 0 Å². The van der Waals surface area contributed by atoms with Gasteiger partial charge in [0, 0.05) is 14.7 Å². The van der Waals surface area contributed by atoms with E-state index in [9.17, 15) is 21.6 Å². The Balaban J connectivity index is 2.74. The third-order valence-corrected chi connectivity index (χ3v) is 11.6. The summed E-state index contributed by atoms with van der Waals surface area (Å²) in [7, 11) is -10.3. The monoisotopic (exact) mass is 844 g/mol. The molecule has 0 aliphatic carbocycles. The molecule has 0 atom stereocenters. The van der Waals surface area contributed by atoms with Crippen molar-refractivity contribution in [2.24, 2.45) is 0 Å². The van der Waals surface area contributed by atoms with Crippen molar-refractivity contribution in [3.63, 3.8) is 0 Å². The summed E-state index contributed by atoms with van der Waals surface area (Å²) < 4.78 is 115. The molecule has 0 unspecified atom stereocenters. The van der Waals surface area contributed by atoms with Crippen LogP contribution in [0, 0.1) is 0 Å². The van der Waals surface area contributed by atoms with Gasteiger partial charge in [-0.2, -0.15) is 25.2 Å². The fourth-order valence-electron chi connectivity index (χ4n) is 5.17. The molecule has 0 spiro atoms. The van der Waals surface area contributed by atoms with Gasteiger partial charge in [0.25, 0.3) is 0 Å². The number of hydrogen-bond donors (Lipinski definition) is 0. The molecule has 0 bridgehead atoms. The largest absolute Gasteiger partial charge is 0.524 e. The summed E-state index contributed by atoms with van der Waals surface area (Å²) >= 11 is 0. The highest BCUT2D eigenvalue weighted by Crippen LogP contribution is 2.72. The van der Waals surface area contributed by atoms with Gasteiger partial charge >= 0.3 is 15.6 Å². The molecule has 0 aromatic heterocycles. The zero-order valence-electron chi connectivity index (χ0n) is 36.8. The quantitative estimate of drug-likeness (QED) is 0.175. The molecule has 9 nitrogen and oxygen atoms in total. The lowest BCUT2D eigenvalue weighted by atomic mass is 10.1. The average molecular weight is 845 g/mol. The van der Waals surface area contributed by atoms with Gasteiger partial charge in [-0.3, -0.25) is 0 Å². The lowest BCUT2D eigenvalue weighted by Crippen LogP contribution is -2.29. The summed E-state index contributed by atoms with van der Waals surface area (Å²) in [6, 6.07) is 13.5. The van der Waals surface area contributed by atoms with Crippen LogP contribution >= 0.6 is 10.3 Å². The lowest BCUT2D eigenvalue weighted by Gasteiger charge is -2.41. The minimum Gasteiger partial charge on any atom is -0.484 e. The van der Waals surface area contributed by atoms with Crippen LogP contribution in [-0.4, -0.2) is 47.5 Å². The Morgan fingerprint density at radius 3 is 0.772 bits per heavy atom. The molecule has 0 aliphatic heterocycles. The first-order valence-electron chi connectivity index (χ1n) is 18.7. The first kappa shape index (κ1) is 47.9. The van der Waals surface area contributed by atoms with E-state index in [1.165, 1.54) is 36.4 Å². The van der Waals surface area contributed by atoms with E-state index in [1.807, 2.05) is 62.3 Å². The molecule has 0 N–H and O–H groups in total. The third-order valence-electron chi connectivity index (χ3n) is 6.71. The molecule has 0 saturated carbocycles. The summed E-state index contributed by atoms with van der Waals surface area (Å²) in [6.07, 6.45) is 0. The number of benzene rings is 3. The van der Waals surface area contributed by atoms with Crippen LogP contribution < -0.4 is 28.4 Å². The number of halogens is 3. The Labute approximate surface area is 340 Å². The summed E-state index contributed by atoms with van der Waals surface area (Å²) in [4.78, 5) is 0.106. The molecule has 0 amide bonds. The standard InChI is InChI=1S/C43H63F3O9S2/c1-37(2,3)49-31-22-19-28(25-34(31)52-40(10,11)12)56(55-57(47,48)43(44,45)46,29-20-23-32(50-38(4,5)6)35(26-29)53-41(13,14)15)30-21-24-33(51-39(7,8)9)36(27-30)54-42(16,17)18/h19-27H,1-18H3. The second-order valence-electron chi connectivity index (χ2n) is 19.6. The zero-order valence-corrected chi connectivity index (χ0v) is 38.5. The van der Waals surface area contributed by atoms with Crippen molar-refractivity contribution < 1.29 is 53.6 Å². The topological polar surface area (TPSA) is 98.8 Å². The minimum absolute atomic E-state index is 0.0354. The Morgan fingerprint density at radius 1 is 0.368 bits per heavy atom. The van der Waals surface area contributed by atoms with E-state index in [1.54, 1.807) is 80.5 Å². The molecule has 322 valence electrons. The van der Waals surface area contributed by atoms with Gasteiger partial charge in [-0.15, -0.1) is 0 Å². The first-order valence-corrected chi connectivity index (χ1v) is 21.7. The fraction of sp³-hybridized carbons (Fsp3) is 0.581. The Morgan fingerprint density at radius 2 is 0.579 bits per heavy atom. The van der Waals surface area contributed by atoms with E-state index < -0.39 is 59.5 Å². The smallest absolute Gasteiger partial charge is 0.484 e. The summed E-state index contributed by atoms with van der Waals surface area (Å²) in [5.41, 5.74) is -10.4. The molecule has 57 heavy (non-hydrogen) atoms. The molecule has 14 heteroatoms. The van der Waals surface area contributed by atoms with E-state index in [4.69, 9.17) is 32.1 Å². The highest BCUT2D eigenvalue weighted by atomic mass is 32.3. The molecule has 0 aliphatic rings. The van der Waals surface area contributed by atoms with Crippen molar-refractivity contribution in [1.29, 1.82) is 0 Å². The van der Waals surface area contributed by atoms with Crippen LogP contribution in [0.5, 0.6) is 34.5 Å². The highest BCUT2D eigenvalue weighted by molar-refractivity contribution is 8.33. The van der Waals surface area contributed by atoms with Gasteiger partial charge in [-0.1, -0.05) is 0 Å². The maximum Gasteiger partial charge on any atom is 0.524 e. The van der Waals surface area contributed by atoms with Crippen LogP contribution in [0.25, 0.3) is 0 Å². The van der Waals surface area contributed by atoms with Crippen LogP contribution in [-0.2, 0) is 13.7 Å². The average Bonchev–Trinajstić information content (AvgIpc) is 2.94. The fourth-order valence-corrected chi connectivity index (χ4v) is 9.91. The van der Waals surface area contributed by atoms with E-state index in [-0.39, 0.29) is 49.2 Å². The van der Waals surface area contributed by atoms with Crippen LogP contribution in [0.15, 0.2) is 69.3 Å². The van der Waals surface area contributed by atoms with Crippen LogP contribution in [0.1, 0.15) is 125 Å². The normalized spacial score (nSPS) is 14.2. The van der Waals surface area contributed by atoms with E-state index in [0.717, 1.165) is 0 Å². The summed E-state index contributed by atoms with van der Waals surface area (Å²) in [5.74, 6) is 1.30. The van der Waals surface area contributed by atoms with Gasteiger partial charge in [-0.25, -0.2) is 0 Å². The minimum atomic E-state index is -6.34. The molecule has 3 aromatic rings. The molecule has 0 fully saturated rings. The van der Waals surface area contributed by atoms with Gasteiger partial charge in [0.05, 0.1) is 0 Å². The van der Waals surface area contributed by atoms with Crippen molar-refractivity contribution >= 4 is 20.4 Å². The summed E-state index contributed by atoms with van der Waals surface area (Å²) in [6.45, 7) is 32.8. The molecule has 0 heterocycles. The van der Waals surface area contributed by atoms with Gasteiger partial charge in [0.1, 0.15) is 33.6 Å². The Kier molecular flexibility index (Phi) is 13.4. The van der Waals surface area contributed by atoms with Crippen LogP contribution in [0.2, 0.25) is 0 Å². The molecule has 3 aromatic carbocycles. The highest BCUT2D eigenvalue weighted by Gasteiger charge is 2.53.